The van der Waals surface area contributed by atoms with Gasteiger partial charge in [-0.3, -0.25) is 0 Å². The van der Waals surface area contributed by atoms with Crippen LogP contribution in [0, 0.1) is 5.41 Å². The van der Waals surface area contributed by atoms with Gasteiger partial charge in [0.2, 0.25) is 0 Å². The normalized spacial score (nSPS) is 27.4. The molecule has 1 spiro atoms. The number of piperidine rings is 1. The molecule has 5 heteroatoms. The van der Waals surface area contributed by atoms with Gasteiger partial charge in [0.1, 0.15) is 5.60 Å². The Morgan fingerprint density at radius 2 is 2.00 bits per heavy atom. The van der Waals surface area contributed by atoms with E-state index in [9.17, 15) is 9.59 Å². The van der Waals surface area contributed by atoms with Crippen molar-refractivity contribution in [2.45, 2.75) is 71.9 Å². The van der Waals surface area contributed by atoms with Gasteiger partial charge in [0.05, 0.1) is 6.61 Å². The van der Waals surface area contributed by atoms with Crippen molar-refractivity contribution in [3.63, 3.8) is 0 Å². The summed E-state index contributed by atoms with van der Waals surface area (Å²) in [5.41, 5.74) is 0.954. The first-order valence-electron chi connectivity index (χ1n) is 8.50. The van der Waals surface area contributed by atoms with Gasteiger partial charge in [-0.05, 0) is 65.7 Å². The number of allylic oxidation sites excluding steroid dienone is 1. The lowest BCUT2D eigenvalue weighted by molar-refractivity contribution is -0.137. The molecular formula is C18H29NO4. The summed E-state index contributed by atoms with van der Waals surface area (Å²) < 4.78 is 10.4. The molecular weight excluding hydrogens is 294 g/mol. The lowest BCUT2D eigenvalue weighted by Crippen LogP contribution is -2.52. The van der Waals surface area contributed by atoms with Crippen LogP contribution in [0.3, 0.4) is 0 Å². The molecule has 1 saturated carbocycles. The van der Waals surface area contributed by atoms with Gasteiger partial charge in [0.25, 0.3) is 0 Å². The highest BCUT2D eigenvalue weighted by atomic mass is 16.6. The highest BCUT2D eigenvalue weighted by Gasteiger charge is 2.46. The SMILES string of the molecule is CCOC(=O)C=C1CC2(CCN(C(=O)OC(C)(C)C)C(C)C2)C1. The van der Waals surface area contributed by atoms with Crippen LogP contribution in [-0.4, -0.2) is 41.8 Å². The Hall–Kier alpha value is -1.52. The number of amides is 1. The quantitative estimate of drug-likeness (QED) is 0.574. The maximum Gasteiger partial charge on any atom is 0.410 e. The van der Waals surface area contributed by atoms with E-state index < -0.39 is 5.60 Å². The number of likely N-dealkylation sites (tertiary alicyclic amines) is 1. The summed E-state index contributed by atoms with van der Waals surface area (Å²) in [5.74, 6) is -0.239. The number of hydrogen-bond donors (Lipinski definition) is 0. The number of carbonyl (C=O) groups excluding carboxylic acids is 2. The highest BCUT2D eigenvalue weighted by Crippen LogP contribution is 2.53. The predicted molar refractivity (Wildman–Crippen MR) is 88.0 cm³/mol. The zero-order chi connectivity index (χ0) is 17.3. The number of esters is 1. The van der Waals surface area contributed by atoms with Crippen molar-refractivity contribution in [3.05, 3.63) is 11.6 Å². The standard InChI is InChI=1S/C18H29NO4/c1-6-22-15(20)9-14-11-18(12-14)7-8-19(13(2)10-18)16(21)23-17(3,4)5/h9,13H,6-8,10-12H2,1-5H3. The van der Waals surface area contributed by atoms with Crippen molar-refractivity contribution in [3.8, 4) is 0 Å². The second-order valence-electron chi connectivity index (χ2n) is 7.89. The molecule has 1 saturated heterocycles. The molecule has 1 amide bonds. The highest BCUT2D eigenvalue weighted by molar-refractivity contribution is 5.83. The third-order valence-corrected chi connectivity index (χ3v) is 4.58. The van der Waals surface area contributed by atoms with Crippen molar-refractivity contribution in [1.82, 2.24) is 4.90 Å². The first-order chi connectivity index (χ1) is 10.6. The Balaban J connectivity index is 1.88. The van der Waals surface area contributed by atoms with E-state index in [-0.39, 0.29) is 23.5 Å². The molecule has 5 nitrogen and oxygen atoms in total. The van der Waals surface area contributed by atoms with Crippen LogP contribution < -0.4 is 0 Å². The lowest BCUT2D eigenvalue weighted by atomic mass is 9.59. The fourth-order valence-corrected chi connectivity index (χ4v) is 3.69. The molecule has 23 heavy (non-hydrogen) atoms. The number of nitrogens with zero attached hydrogens (tertiary/aromatic N) is 1. The topological polar surface area (TPSA) is 55.8 Å². The monoisotopic (exact) mass is 323 g/mol. The Bertz CT molecular complexity index is 496. The first-order valence-corrected chi connectivity index (χ1v) is 8.50. The van der Waals surface area contributed by atoms with E-state index in [1.54, 1.807) is 6.08 Å². The summed E-state index contributed by atoms with van der Waals surface area (Å²) in [7, 11) is 0. The molecule has 0 bridgehead atoms. The molecule has 0 aromatic heterocycles. The minimum Gasteiger partial charge on any atom is -0.463 e. The third kappa shape index (κ3) is 4.49. The molecule has 1 atom stereocenters. The van der Waals surface area contributed by atoms with Crippen LogP contribution in [0.1, 0.15) is 60.3 Å². The molecule has 1 heterocycles. The Morgan fingerprint density at radius 3 is 2.52 bits per heavy atom. The summed E-state index contributed by atoms with van der Waals surface area (Å²) in [6, 6.07) is 0.169. The van der Waals surface area contributed by atoms with Crippen LogP contribution in [0.2, 0.25) is 0 Å². The Kier molecular flexibility index (Phi) is 5.07. The second-order valence-corrected chi connectivity index (χ2v) is 7.89. The van der Waals surface area contributed by atoms with Crippen LogP contribution in [0.5, 0.6) is 0 Å². The van der Waals surface area contributed by atoms with Gasteiger partial charge >= 0.3 is 12.1 Å². The Morgan fingerprint density at radius 1 is 1.35 bits per heavy atom. The minimum atomic E-state index is -0.460. The molecule has 0 aromatic carbocycles. The summed E-state index contributed by atoms with van der Waals surface area (Å²) in [5, 5.41) is 0. The smallest absolute Gasteiger partial charge is 0.410 e. The van der Waals surface area contributed by atoms with Crippen LogP contribution in [0.4, 0.5) is 4.79 Å². The van der Waals surface area contributed by atoms with Crippen LogP contribution in [0.25, 0.3) is 0 Å². The number of carbonyl (C=O) groups is 2. The van der Waals surface area contributed by atoms with Gasteiger partial charge in [-0.2, -0.15) is 0 Å². The molecule has 1 aliphatic carbocycles. The maximum atomic E-state index is 12.3. The Labute approximate surface area is 139 Å². The van der Waals surface area contributed by atoms with Crippen molar-refractivity contribution in [2.24, 2.45) is 5.41 Å². The summed E-state index contributed by atoms with van der Waals surface area (Å²) in [6.07, 6.45) is 5.24. The van der Waals surface area contributed by atoms with E-state index >= 15 is 0 Å². The van der Waals surface area contributed by atoms with Gasteiger partial charge in [-0.15, -0.1) is 0 Å². The molecule has 2 aliphatic rings. The van der Waals surface area contributed by atoms with Crippen molar-refractivity contribution in [1.29, 1.82) is 0 Å². The zero-order valence-electron chi connectivity index (χ0n) is 15.0. The van der Waals surface area contributed by atoms with Crippen molar-refractivity contribution < 1.29 is 19.1 Å². The summed E-state index contributed by atoms with van der Waals surface area (Å²) in [6.45, 7) is 10.7. The summed E-state index contributed by atoms with van der Waals surface area (Å²) >= 11 is 0. The number of hydrogen-bond acceptors (Lipinski definition) is 4. The van der Waals surface area contributed by atoms with E-state index in [4.69, 9.17) is 9.47 Å². The zero-order valence-corrected chi connectivity index (χ0v) is 15.0. The van der Waals surface area contributed by atoms with E-state index in [1.807, 2.05) is 32.6 Å². The van der Waals surface area contributed by atoms with Crippen molar-refractivity contribution >= 4 is 12.1 Å². The fraction of sp³-hybridized carbons (Fsp3) is 0.778. The van der Waals surface area contributed by atoms with Crippen LogP contribution in [0.15, 0.2) is 11.6 Å². The number of ether oxygens (including phenoxy) is 2. The predicted octanol–water partition coefficient (Wildman–Crippen LogP) is 3.68. The fourth-order valence-electron chi connectivity index (χ4n) is 3.69. The minimum absolute atomic E-state index is 0.169. The molecule has 0 radical (unpaired) electrons. The van der Waals surface area contributed by atoms with Gasteiger partial charge in [-0.1, -0.05) is 5.57 Å². The van der Waals surface area contributed by atoms with Gasteiger partial charge in [0, 0.05) is 18.7 Å². The molecule has 2 rings (SSSR count). The lowest BCUT2D eigenvalue weighted by Gasteiger charge is -2.51. The average molecular weight is 323 g/mol. The molecule has 2 fully saturated rings. The van der Waals surface area contributed by atoms with E-state index in [0.29, 0.717) is 6.61 Å². The summed E-state index contributed by atoms with van der Waals surface area (Å²) in [4.78, 5) is 25.6. The van der Waals surface area contributed by atoms with Gasteiger partial charge in [-0.25, -0.2) is 9.59 Å². The average Bonchev–Trinajstić information content (AvgIpc) is 2.34. The van der Waals surface area contributed by atoms with Crippen molar-refractivity contribution in [2.75, 3.05) is 13.2 Å². The van der Waals surface area contributed by atoms with Gasteiger partial charge < -0.3 is 14.4 Å². The third-order valence-electron chi connectivity index (χ3n) is 4.58. The first kappa shape index (κ1) is 17.8. The number of rotatable bonds is 2. The second kappa shape index (κ2) is 6.54. The van der Waals surface area contributed by atoms with E-state index in [2.05, 4.69) is 6.92 Å². The molecule has 1 unspecified atom stereocenters. The molecule has 130 valence electrons. The van der Waals surface area contributed by atoms with Gasteiger partial charge in [0.15, 0.2) is 0 Å². The largest absolute Gasteiger partial charge is 0.463 e. The van der Waals surface area contributed by atoms with Crippen LogP contribution in [-0.2, 0) is 14.3 Å². The van der Waals surface area contributed by atoms with E-state index in [1.165, 1.54) is 5.57 Å². The molecule has 1 aliphatic heterocycles. The molecule has 0 N–H and O–H groups in total. The molecule has 0 aromatic rings. The van der Waals surface area contributed by atoms with Crippen LogP contribution >= 0.6 is 0 Å². The van der Waals surface area contributed by atoms with E-state index in [0.717, 1.165) is 32.2 Å². The maximum absolute atomic E-state index is 12.3.